The van der Waals surface area contributed by atoms with Gasteiger partial charge in [-0.05, 0) is 31.2 Å². The van der Waals surface area contributed by atoms with Crippen LogP contribution >= 0.6 is 12.2 Å². The largest absolute Gasteiger partial charge is 0.389 e. The average molecular weight is 284 g/mol. The number of thiocarbonyl (C=S) groups is 1. The summed E-state index contributed by atoms with van der Waals surface area (Å²) in [6.07, 6.45) is 0. The minimum Gasteiger partial charge on any atom is -0.389 e. The molecular formula is C14H21FN2OS. The standard InChI is InChI=1S/C14H21FN2OS/c1-4-17(10(2)9-18-3)8-11-5-6-13(15)12(7-11)14(16)19/h5-7,10H,4,8-9H2,1-3H3,(H2,16,19). The van der Waals surface area contributed by atoms with Gasteiger partial charge in [-0.1, -0.05) is 25.2 Å². The highest BCUT2D eigenvalue weighted by Gasteiger charge is 2.13. The van der Waals surface area contributed by atoms with Crippen molar-refractivity contribution < 1.29 is 9.13 Å². The number of halogens is 1. The molecule has 0 amide bonds. The molecular weight excluding hydrogens is 263 g/mol. The summed E-state index contributed by atoms with van der Waals surface area (Å²) in [5.41, 5.74) is 6.81. The van der Waals surface area contributed by atoms with E-state index >= 15 is 0 Å². The van der Waals surface area contributed by atoms with Gasteiger partial charge >= 0.3 is 0 Å². The molecule has 19 heavy (non-hydrogen) atoms. The SMILES string of the molecule is CCN(Cc1ccc(F)c(C(N)=S)c1)C(C)COC. The third-order valence-corrected chi connectivity index (χ3v) is 3.34. The number of rotatable bonds is 7. The van der Waals surface area contributed by atoms with Crippen molar-refractivity contribution >= 4 is 17.2 Å². The summed E-state index contributed by atoms with van der Waals surface area (Å²) < 4.78 is 18.7. The molecule has 0 aliphatic rings. The second kappa shape index (κ2) is 7.53. The molecule has 0 aromatic heterocycles. The third kappa shape index (κ3) is 4.53. The van der Waals surface area contributed by atoms with Crippen molar-refractivity contribution in [3.63, 3.8) is 0 Å². The Labute approximate surface area is 119 Å². The van der Waals surface area contributed by atoms with Crippen LogP contribution in [0.3, 0.4) is 0 Å². The highest BCUT2D eigenvalue weighted by atomic mass is 32.1. The predicted molar refractivity (Wildman–Crippen MR) is 79.7 cm³/mol. The monoisotopic (exact) mass is 284 g/mol. The second-order valence-electron chi connectivity index (χ2n) is 4.55. The van der Waals surface area contributed by atoms with E-state index in [1.807, 2.05) is 0 Å². The Morgan fingerprint density at radius 2 is 2.21 bits per heavy atom. The Balaban J connectivity index is 2.85. The van der Waals surface area contributed by atoms with Gasteiger partial charge in [-0.3, -0.25) is 4.90 Å². The van der Waals surface area contributed by atoms with E-state index in [1.54, 1.807) is 19.2 Å². The van der Waals surface area contributed by atoms with E-state index in [0.717, 1.165) is 18.7 Å². The molecule has 0 aliphatic carbocycles. The van der Waals surface area contributed by atoms with Crippen molar-refractivity contribution in [3.8, 4) is 0 Å². The molecule has 106 valence electrons. The fraction of sp³-hybridized carbons (Fsp3) is 0.500. The molecule has 0 saturated carbocycles. The van der Waals surface area contributed by atoms with Crippen LogP contribution in [0.1, 0.15) is 25.0 Å². The maximum Gasteiger partial charge on any atom is 0.133 e. The Hall–Kier alpha value is -1.04. The van der Waals surface area contributed by atoms with E-state index in [-0.39, 0.29) is 10.8 Å². The van der Waals surface area contributed by atoms with Crippen molar-refractivity contribution in [1.29, 1.82) is 0 Å². The van der Waals surface area contributed by atoms with Crippen LogP contribution in [0.15, 0.2) is 18.2 Å². The topological polar surface area (TPSA) is 38.5 Å². The number of likely N-dealkylation sites (N-methyl/N-ethyl adjacent to an activating group) is 1. The normalized spacial score (nSPS) is 12.7. The highest BCUT2D eigenvalue weighted by Crippen LogP contribution is 2.14. The van der Waals surface area contributed by atoms with Crippen LogP contribution in [0.2, 0.25) is 0 Å². The van der Waals surface area contributed by atoms with Gasteiger partial charge in [0.1, 0.15) is 10.8 Å². The number of hydrogen-bond donors (Lipinski definition) is 1. The molecule has 0 saturated heterocycles. The molecule has 5 heteroatoms. The smallest absolute Gasteiger partial charge is 0.133 e. The van der Waals surface area contributed by atoms with Gasteiger partial charge < -0.3 is 10.5 Å². The summed E-state index contributed by atoms with van der Waals surface area (Å²) in [6.45, 7) is 6.47. The number of methoxy groups -OCH3 is 1. The zero-order valence-electron chi connectivity index (χ0n) is 11.6. The lowest BCUT2D eigenvalue weighted by Gasteiger charge is -2.27. The van der Waals surface area contributed by atoms with Gasteiger partial charge in [0.2, 0.25) is 0 Å². The van der Waals surface area contributed by atoms with Gasteiger partial charge in [0.05, 0.1) is 6.61 Å². The van der Waals surface area contributed by atoms with Crippen LogP contribution in [0.4, 0.5) is 4.39 Å². The molecule has 1 aromatic carbocycles. The lowest BCUT2D eigenvalue weighted by molar-refractivity contribution is 0.0982. The first-order chi connectivity index (χ1) is 8.99. The van der Waals surface area contributed by atoms with Crippen LogP contribution in [0.25, 0.3) is 0 Å². The Morgan fingerprint density at radius 3 is 2.74 bits per heavy atom. The molecule has 1 atom stereocenters. The van der Waals surface area contributed by atoms with Crippen molar-refractivity contribution in [2.45, 2.75) is 26.4 Å². The summed E-state index contributed by atoms with van der Waals surface area (Å²) in [6, 6.07) is 5.20. The molecule has 3 nitrogen and oxygen atoms in total. The summed E-state index contributed by atoms with van der Waals surface area (Å²) in [4.78, 5) is 2.34. The number of benzene rings is 1. The zero-order chi connectivity index (χ0) is 14.4. The van der Waals surface area contributed by atoms with E-state index in [1.165, 1.54) is 6.07 Å². The number of nitrogens with two attached hydrogens (primary N) is 1. The average Bonchev–Trinajstić information content (AvgIpc) is 2.37. The molecule has 0 spiro atoms. The molecule has 1 aromatic rings. The summed E-state index contributed by atoms with van der Waals surface area (Å²) in [5.74, 6) is -0.371. The van der Waals surface area contributed by atoms with E-state index in [4.69, 9.17) is 22.7 Å². The molecule has 1 unspecified atom stereocenters. The molecule has 0 heterocycles. The summed E-state index contributed by atoms with van der Waals surface area (Å²) in [7, 11) is 1.69. The number of ether oxygens (including phenoxy) is 1. The van der Waals surface area contributed by atoms with Gasteiger partial charge in [0, 0.05) is 25.3 Å². The van der Waals surface area contributed by atoms with Crippen LogP contribution in [0, 0.1) is 5.82 Å². The lowest BCUT2D eigenvalue weighted by atomic mass is 10.1. The van der Waals surface area contributed by atoms with Gasteiger partial charge in [-0.15, -0.1) is 0 Å². The van der Waals surface area contributed by atoms with Gasteiger partial charge in [0.25, 0.3) is 0 Å². The Bertz CT molecular complexity index is 439. The minimum absolute atomic E-state index is 0.0901. The maximum absolute atomic E-state index is 13.5. The quantitative estimate of drug-likeness (QED) is 0.780. The maximum atomic E-state index is 13.5. The fourth-order valence-electron chi connectivity index (χ4n) is 2.02. The van der Waals surface area contributed by atoms with E-state index in [2.05, 4.69) is 18.7 Å². The van der Waals surface area contributed by atoms with Crippen LogP contribution in [-0.2, 0) is 11.3 Å². The van der Waals surface area contributed by atoms with Gasteiger partial charge in [-0.25, -0.2) is 4.39 Å². The zero-order valence-corrected chi connectivity index (χ0v) is 12.5. The van der Waals surface area contributed by atoms with Crippen molar-refractivity contribution in [2.24, 2.45) is 5.73 Å². The fourth-order valence-corrected chi connectivity index (χ4v) is 2.18. The molecule has 0 fully saturated rings. The summed E-state index contributed by atoms with van der Waals surface area (Å²) in [5, 5.41) is 0. The molecule has 2 N–H and O–H groups in total. The number of hydrogen-bond acceptors (Lipinski definition) is 3. The van der Waals surface area contributed by atoms with Gasteiger partial charge in [0.15, 0.2) is 0 Å². The van der Waals surface area contributed by atoms with Crippen LogP contribution in [-0.4, -0.2) is 36.2 Å². The van der Waals surface area contributed by atoms with Crippen molar-refractivity contribution in [1.82, 2.24) is 4.90 Å². The second-order valence-corrected chi connectivity index (χ2v) is 4.99. The van der Waals surface area contributed by atoms with Crippen molar-refractivity contribution in [3.05, 3.63) is 35.1 Å². The van der Waals surface area contributed by atoms with Crippen LogP contribution < -0.4 is 5.73 Å². The summed E-state index contributed by atoms with van der Waals surface area (Å²) >= 11 is 4.85. The molecule has 0 bridgehead atoms. The molecule has 1 rings (SSSR count). The van der Waals surface area contributed by atoms with E-state index < -0.39 is 0 Å². The molecule has 0 radical (unpaired) electrons. The predicted octanol–water partition coefficient (Wildman–Crippen LogP) is 2.32. The highest BCUT2D eigenvalue weighted by molar-refractivity contribution is 7.80. The van der Waals surface area contributed by atoms with Gasteiger partial charge in [-0.2, -0.15) is 0 Å². The minimum atomic E-state index is -0.371. The molecule has 0 aliphatic heterocycles. The third-order valence-electron chi connectivity index (χ3n) is 3.12. The van der Waals surface area contributed by atoms with Crippen molar-refractivity contribution in [2.75, 3.05) is 20.3 Å². The number of nitrogens with zero attached hydrogens (tertiary/aromatic N) is 1. The Kier molecular flexibility index (Phi) is 6.34. The first-order valence-corrected chi connectivity index (χ1v) is 6.71. The first kappa shape index (κ1) is 16.0. The lowest BCUT2D eigenvalue weighted by Crippen LogP contribution is -2.35. The first-order valence-electron chi connectivity index (χ1n) is 6.30. The van der Waals surface area contributed by atoms with Crippen LogP contribution in [0.5, 0.6) is 0 Å². The van der Waals surface area contributed by atoms with E-state index in [0.29, 0.717) is 18.2 Å². The van der Waals surface area contributed by atoms with E-state index in [9.17, 15) is 4.39 Å². The Morgan fingerprint density at radius 1 is 1.53 bits per heavy atom.